The Morgan fingerprint density at radius 2 is 1.92 bits per heavy atom. The summed E-state index contributed by atoms with van der Waals surface area (Å²) in [5, 5.41) is 4.01. The summed E-state index contributed by atoms with van der Waals surface area (Å²) in [5.41, 5.74) is 1.48. The third-order valence-electron chi connectivity index (χ3n) is 3.63. The van der Waals surface area contributed by atoms with E-state index >= 15 is 0 Å². The summed E-state index contributed by atoms with van der Waals surface area (Å²) in [5.74, 6) is 0.444. The molecular weight excluding hydrogens is 341 g/mol. The maximum Gasteiger partial charge on any atom is 0.129 e. The zero-order valence-corrected chi connectivity index (χ0v) is 15.5. The second-order valence-electron chi connectivity index (χ2n) is 6.08. The summed E-state index contributed by atoms with van der Waals surface area (Å²) < 4.78 is 25.0. The van der Waals surface area contributed by atoms with Gasteiger partial charge < -0.3 is 14.8 Å². The Morgan fingerprint density at radius 1 is 1.12 bits per heavy atom. The molecule has 136 valence electrons. The summed E-state index contributed by atoms with van der Waals surface area (Å²) in [6.07, 6.45) is 1.19. The molecule has 5 heteroatoms. The molecule has 0 radical (unpaired) electrons. The van der Waals surface area contributed by atoms with E-state index in [0.29, 0.717) is 22.9 Å². The molecule has 0 aliphatic carbocycles. The zero-order valence-electron chi connectivity index (χ0n) is 14.7. The van der Waals surface area contributed by atoms with Gasteiger partial charge >= 0.3 is 0 Å². The first kappa shape index (κ1) is 19.7. The molecule has 0 saturated carbocycles. The first-order valence-electron chi connectivity index (χ1n) is 8.53. The van der Waals surface area contributed by atoms with Crippen LogP contribution in [0.2, 0.25) is 5.02 Å². The van der Waals surface area contributed by atoms with Gasteiger partial charge in [0, 0.05) is 29.3 Å². The molecule has 0 unspecified atom stereocenters. The summed E-state index contributed by atoms with van der Waals surface area (Å²) >= 11 is 6.09. The number of halogens is 2. The average Bonchev–Trinajstić information content (AvgIpc) is 2.58. The lowest BCUT2D eigenvalue weighted by Crippen LogP contribution is -2.18. The fourth-order valence-electron chi connectivity index (χ4n) is 2.34. The van der Waals surface area contributed by atoms with E-state index in [0.717, 1.165) is 25.1 Å². The van der Waals surface area contributed by atoms with Gasteiger partial charge in [-0.1, -0.05) is 29.8 Å². The van der Waals surface area contributed by atoms with E-state index in [-0.39, 0.29) is 18.5 Å². The summed E-state index contributed by atoms with van der Waals surface area (Å²) in [6.45, 7) is 6.44. The Bertz CT molecular complexity index is 664. The van der Waals surface area contributed by atoms with Crippen LogP contribution >= 0.6 is 11.6 Å². The maximum atomic E-state index is 13.7. The zero-order chi connectivity index (χ0) is 18.1. The molecule has 0 saturated heterocycles. The van der Waals surface area contributed by atoms with Crippen LogP contribution in [0.25, 0.3) is 0 Å². The fraction of sp³-hybridized carbons (Fsp3) is 0.400. The van der Waals surface area contributed by atoms with Crippen LogP contribution in [0.5, 0.6) is 5.75 Å². The highest BCUT2D eigenvalue weighted by Gasteiger charge is 2.07. The average molecular weight is 366 g/mol. The molecule has 0 heterocycles. The van der Waals surface area contributed by atoms with Crippen molar-refractivity contribution in [2.45, 2.75) is 39.5 Å². The Labute approximate surface area is 154 Å². The highest BCUT2D eigenvalue weighted by molar-refractivity contribution is 6.30. The van der Waals surface area contributed by atoms with E-state index in [4.69, 9.17) is 21.1 Å². The molecule has 3 nitrogen and oxygen atoms in total. The maximum absolute atomic E-state index is 13.7. The van der Waals surface area contributed by atoms with E-state index < -0.39 is 0 Å². The minimum atomic E-state index is -0.263. The Hall–Kier alpha value is -1.62. The van der Waals surface area contributed by atoms with Gasteiger partial charge in [0.15, 0.2) is 0 Å². The molecule has 0 spiro atoms. The number of nitrogens with one attached hydrogen (secondary N) is 1. The van der Waals surface area contributed by atoms with E-state index in [2.05, 4.69) is 5.32 Å². The van der Waals surface area contributed by atoms with Crippen LogP contribution in [0, 0.1) is 5.82 Å². The smallest absolute Gasteiger partial charge is 0.129 e. The van der Waals surface area contributed by atoms with Crippen LogP contribution in [0.1, 0.15) is 31.4 Å². The lowest BCUT2D eigenvalue weighted by atomic mass is 10.2. The molecule has 25 heavy (non-hydrogen) atoms. The molecule has 2 aromatic carbocycles. The van der Waals surface area contributed by atoms with Crippen LogP contribution in [-0.4, -0.2) is 19.3 Å². The van der Waals surface area contributed by atoms with E-state index in [1.807, 2.05) is 26.0 Å². The van der Waals surface area contributed by atoms with Crippen molar-refractivity contribution in [3.8, 4) is 5.75 Å². The van der Waals surface area contributed by atoms with Crippen molar-refractivity contribution in [1.82, 2.24) is 5.32 Å². The number of hydrogen-bond donors (Lipinski definition) is 1. The van der Waals surface area contributed by atoms with E-state index in [9.17, 15) is 4.39 Å². The molecule has 0 aliphatic heterocycles. The van der Waals surface area contributed by atoms with Gasteiger partial charge in [-0.3, -0.25) is 0 Å². The van der Waals surface area contributed by atoms with Crippen LogP contribution in [0.15, 0.2) is 42.5 Å². The van der Waals surface area contributed by atoms with Crippen LogP contribution in [-0.2, 0) is 17.9 Å². The molecule has 0 fully saturated rings. The SMILES string of the molecule is CC(C)OCCCNCc1cc(Cl)ccc1OCc1ccccc1F. The van der Waals surface area contributed by atoms with Gasteiger partial charge in [0.2, 0.25) is 0 Å². The van der Waals surface area contributed by atoms with Gasteiger partial charge in [-0.2, -0.15) is 0 Å². The lowest BCUT2D eigenvalue weighted by Gasteiger charge is -2.13. The van der Waals surface area contributed by atoms with Gasteiger partial charge in [0.05, 0.1) is 6.10 Å². The van der Waals surface area contributed by atoms with Crippen molar-refractivity contribution in [1.29, 1.82) is 0 Å². The highest BCUT2D eigenvalue weighted by atomic mass is 35.5. The predicted molar refractivity (Wildman–Crippen MR) is 99.6 cm³/mol. The second kappa shape index (κ2) is 10.4. The summed E-state index contributed by atoms with van der Waals surface area (Å²) in [7, 11) is 0. The van der Waals surface area contributed by atoms with Crippen molar-refractivity contribution in [2.75, 3.05) is 13.2 Å². The van der Waals surface area contributed by atoms with Crippen LogP contribution < -0.4 is 10.1 Å². The van der Waals surface area contributed by atoms with Gasteiger partial charge in [-0.25, -0.2) is 4.39 Å². The molecule has 0 aliphatic rings. The van der Waals surface area contributed by atoms with Crippen molar-refractivity contribution < 1.29 is 13.9 Å². The second-order valence-corrected chi connectivity index (χ2v) is 6.52. The number of hydrogen-bond acceptors (Lipinski definition) is 3. The third kappa shape index (κ3) is 7.02. The van der Waals surface area contributed by atoms with Gasteiger partial charge in [-0.15, -0.1) is 0 Å². The normalized spacial score (nSPS) is 11.1. The van der Waals surface area contributed by atoms with Crippen molar-refractivity contribution in [2.24, 2.45) is 0 Å². The van der Waals surface area contributed by atoms with Crippen molar-refractivity contribution in [3.05, 3.63) is 64.4 Å². The minimum absolute atomic E-state index is 0.184. The standard InChI is InChI=1S/C20H25ClFNO2/c1-15(2)24-11-5-10-23-13-17-12-18(21)8-9-20(17)25-14-16-6-3-4-7-19(16)22/h3-4,6-9,12,15,23H,5,10-11,13-14H2,1-2H3. The molecule has 2 aromatic rings. The van der Waals surface area contributed by atoms with Crippen molar-refractivity contribution >= 4 is 11.6 Å². The molecule has 0 atom stereocenters. The summed E-state index contributed by atoms with van der Waals surface area (Å²) in [6, 6.07) is 12.1. The number of rotatable bonds is 10. The van der Waals surface area contributed by atoms with Gasteiger partial charge in [0.1, 0.15) is 18.2 Å². The minimum Gasteiger partial charge on any atom is -0.488 e. The third-order valence-corrected chi connectivity index (χ3v) is 3.86. The Kier molecular flexibility index (Phi) is 8.19. The monoisotopic (exact) mass is 365 g/mol. The van der Waals surface area contributed by atoms with E-state index in [1.54, 1.807) is 24.3 Å². The molecule has 0 bridgehead atoms. The predicted octanol–water partition coefficient (Wildman–Crippen LogP) is 4.96. The Morgan fingerprint density at radius 3 is 2.68 bits per heavy atom. The van der Waals surface area contributed by atoms with Crippen LogP contribution in [0.4, 0.5) is 4.39 Å². The van der Waals surface area contributed by atoms with E-state index in [1.165, 1.54) is 6.07 Å². The molecular formula is C20H25ClFNO2. The summed E-state index contributed by atoms with van der Waals surface area (Å²) in [4.78, 5) is 0. The topological polar surface area (TPSA) is 30.5 Å². The van der Waals surface area contributed by atoms with Crippen LogP contribution in [0.3, 0.4) is 0 Å². The number of benzene rings is 2. The van der Waals surface area contributed by atoms with Gasteiger partial charge in [0.25, 0.3) is 0 Å². The first-order valence-corrected chi connectivity index (χ1v) is 8.91. The van der Waals surface area contributed by atoms with Gasteiger partial charge in [-0.05, 0) is 51.1 Å². The van der Waals surface area contributed by atoms with Crippen molar-refractivity contribution in [3.63, 3.8) is 0 Å². The first-order chi connectivity index (χ1) is 12.1. The quantitative estimate of drug-likeness (QED) is 0.603. The lowest BCUT2D eigenvalue weighted by molar-refractivity contribution is 0.0770. The highest BCUT2D eigenvalue weighted by Crippen LogP contribution is 2.24. The number of ether oxygens (including phenoxy) is 2. The molecule has 0 amide bonds. The Balaban J connectivity index is 1.87. The largest absolute Gasteiger partial charge is 0.488 e. The molecule has 0 aromatic heterocycles. The molecule has 2 rings (SSSR count). The molecule has 1 N–H and O–H groups in total. The fourth-order valence-corrected chi connectivity index (χ4v) is 2.53.